The summed E-state index contributed by atoms with van der Waals surface area (Å²) in [5.74, 6) is 1.78. The number of aryl methyl sites for hydroxylation is 2. The standard InChI is InChI=1S/C29H29N3O3/c1-21-8-12-26(13-9-21)35-20-25-18-23(10-14-27(25)34-3)11-15-29(33)30-28-16-17-32(31-28)19-24-7-5-4-6-22(24)2/h4-18H,19-20H2,1-3H3,(H,30,31,33)/b15-11+. The van der Waals surface area contributed by atoms with E-state index in [2.05, 4.69) is 29.5 Å². The lowest BCUT2D eigenvalue weighted by Gasteiger charge is -2.11. The van der Waals surface area contributed by atoms with Crippen molar-refractivity contribution in [1.82, 2.24) is 9.78 Å². The zero-order valence-corrected chi connectivity index (χ0v) is 20.2. The molecule has 178 valence electrons. The van der Waals surface area contributed by atoms with Gasteiger partial charge in [0.05, 0.1) is 13.7 Å². The number of rotatable bonds is 9. The molecule has 0 bridgehead atoms. The van der Waals surface area contributed by atoms with Crippen LogP contribution in [0.1, 0.15) is 27.8 Å². The number of carbonyl (C=O) groups excluding carboxylic acids is 1. The van der Waals surface area contributed by atoms with Crippen molar-refractivity contribution in [3.8, 4) is 11.5 Å². The Morgan fingerprint density at radius 1 is 1.00 bits per heavy atom. The maximum absolute atomic E-state index is 12.5. The van der Waals surface area contributed by atoms with Gasteiger partial charge in [0.25, 0.3) is 0 Å². The summed E-state index contributed by atoms with van der Waals surface area (Å²) in [6.45, 7) is 5.12. The maximum Gasteiger partial charge on any atom is 0.249 e. The first-order valence-electron chi connectivity index (χ1n) is 11.4. The van der Waals surface area contributed by atoms with E-state index in [0.29, 0.717) is 19.0 Å². The molecule has 4 rings (SSSR count). The molecule has 0 saturated carbocycles. The average molecular weight is 468 g/mol. The first kappa shape index (κ1) is 23.8. The summed E-state index contributed by atoms with van der Waals surface area (Å²) in [6, 6.07) is 23.6. The predicted molar refractivity (Wildman–Crippen MR) is 139 cm³/mol. The average Bonchev–Trinajstić information content (AvgIpc) is 3.30. The summed E-state index contributed by atoms with van der Waals surface area (Å²) in [7, 11) is 1.63. The van der Waals surface area contributed by atoms with E-state index in [-0.39, 0.29) is 5.91 Å². The molecule has 0 saturated heterocycles. The molecular weight excluding hydrogens is 438 g/mol. The predicted octanol–water partition coefficient (Wildman–Crippen LogP) is 5.79. The third-order valence-corrected chi connectivity index (χ3v) is 5.63. The zero-order valence-electron chi connectivity index (χ0n) is 20.2. The number of amides is 1. The Morgan fingerprint density at radius 2 is 1.80 bits per heavy atom. The second kappa shape index (κ2) is 11.2. The molecule has 0 aliphatic rings. The SMILES string of the molecule is COc1ccc(/C=C/C(=O)Nc2ccn(Cc3ccccc3C)n2)cc1COc1ccc(C)cc1. The molecule has 1 N–H and O–H groups in total. The lowest BCUT2D eigenvalue weighted by Crippen LogP contribution is -2.09. The van der Waals surface area contributed by atoms with Crippen molar-refractivity contribution in [1.29, 1.82) is 0 Å². The van der Waals surface area contributed by atoms with Gasteiger partial charge in [-0.25, -0.2) is 0 Å². The molecule has 4 aromatic rings. The topological polar surface area (TPSA) is 65.4 Å². The Balaban J connectivity index is 1.37. The fourth-order valence-electron chi connectivity index (χ4n) is 3.63. The second-order valence-electron chi connectivity index (χ2n) is 8.32. The molecule has 0 aliphatic heterocycles. The summed E-state index contributed by atoms with van der Waals surface area (Å²) < 4.78 is 13.2. The number of benzene rings is 3. The van der Waals surface area contributed by atoms with Crippen LogP contribution in [-0.4, -0.2) is 22.8 Å². The number of nitrogens with one attached hydrogen (secondary N) is 1. The monoisotopic (exact) mass is 467 g/mol. The molecule has 1 heterocycles. The molecule has 35 heavy (non-hydrogen) atoms. The highest BCUT2D eigenvalue weighted by Gasteiger charge is 2.07. The number of hydrogen-bond acceptors (Lipinski definition) is 4. The molecule has 0 fully saturated rings. The van der Waals surface area contributed by atoms with Crippen LogP contribution in [-0.2, 0) is 17.9 Å². The summed E-state index contributed by atoms with van der Waals surface area (Å²) in [4.78, 5) is 12.5. The first-order chi connectivity index (χ1) is 17.0. The van der Waals surface area contributed by atoms with Gasteiger partial charge in [0, 0.05) is 23.9 Å². The van der Waals surface area contributed by atoms with Gasteiger partial charge in [0.15, 0.2) is 5.82 Å². The molecular formula is C29H29N3O3. The van der Waals surface area contributed by atoms with Gasteiger partial charge in [-0.15, -0.1) is 0 Å². The number of aromatic nitrogens is 2. The van der Waals surface area contributed by atoms with Crippen LogP contribution in [0.5, 0.6) is 11.5 Å². The zero-order chi connectivity index (χ0) is 24.6. The van der Waals surface area contributed by atoms with Crippen molar-refractivity contribution in [3.05, 3.63) is 113 Å². The van der Waals surface area contributed by atoms with Crippen molar-refractivity contribution < 1.29 is 14.3 Å². The highest BCUT2D eigenvalue weighted by atomic mass is 16.5. The van der Waals surface area contributed by atoms with Crippen LogP contribution in [0.4, 0.5) is 5.82 Å². The lowest BCUT2D eigenvalue weighted by molar-refractivity contribution is -0.111. The van der Waals surface area contributed by atoms with Crippen LogP contribution >= 0.6 is 0 Å². The number of hydrogen-bond donors (Lipinski definition) is 1. The normalized spacial score (nSPS) is 10.9. The summed E-state index contributed by atoms with van der Waals surface area (Å²) in [5, 5.41) is 7.27. The van der Waals surface area contributed by atoms with Gasteiger partial charge in [-0.2, -0.15) is 5.10 Å². The number of carbonyl (C=O) groups is 1. The number of anilines is 1. The van der Waals surface area contributed by atoms with E-state index in [1.165, 1.54) is 22.8 Å². The van der Waals surface area contributed by atoms with Crippen LogP contribution in [0.2, 0.25) is 0 Å². The van der Waals surface area contributed by atoms with Crippen LogP contribution < -0.4 is 14.8 Å². The third kappa shape index (κ3) is 6.60. The van der Waals surface area contributed by atoms with Crippen LogP contribution in [0.25, 0.3) is 6.08 Å². The van der Waals surface area contributed by atoms with E-state index in [1.807, 2.05) is 72.4 Å². The van der Waals surface area contributed by atoms with Crippen molar-refractivity contribution in [2.45, 2.75) is 27.0 Å². The summed E-state index contributed by atoms with van der Waals surface area (Å²) in [5.41, 5.74) is 5.34. The Labute approximate surface area is 205 Å². The van der Waals surface area contributed by atoms with Crippen molar-refractivity contribution in [2.75, 3.05) is 12.4 Å². The van der Waals surface area contributed by atoms with Gasteiger partial charge >= 0.3 is 0 Å². The molecule has 1 aromatic heterocycles. The molecule has 6 heteroatoms. The second-order valence-corrected chi connectivity index (χ2v) is 8.32. The minimum atomic E-state index is -0.251. The molecule has 0 aliphatic carbocycles. The smallest absolute Gasteiger partial charge is 0.249 e. The van der Waals surface area contributed by atoms with E-state index < -0.39 is 0 Å². The fourth-order valence-corrected chi connectivity index (χ4v) is 3.63. The fraction of sp³-hybridized carbons (Fsp3) is 0.172. The molecule has 3 aromatic carbocycles. The van der Waals surface area contributed by atoms with Crippen LogP contribution in [0.15, 0.2) is 85.1 Å². The Kier molecular flexibility index (Phi) is 7.63. The highest BCUT2D eigenvalue weighted by molar-refractivity contribution is 6.01. The van der Waals surface area contributed by atoms with Gasteiger partial charge in [-0.3, -0.25) is 9.48 Å². The lowest BCUT2D eigenvalue weighted by atomic mass is 10.1. The number of ether oxygens (including phenoxy) is 2. The van der Waals surface area contributed by atoms with E-state index in [0.717, 1.165) is 22.6 Å². The van der Waals surface area contributed by atoms with Crippen molar-refractivity contribution in [2.24, 2.45) is 0 Å². The summed E-state index contributed by atoms with van der Waals surface area (Å²) >= 11 is 0. The Bertz CT molecular complexity index is 1320. The summed E-state index contributed by atoms with van der Waals surface area (Å²) in [6.07, 6.45) is 5.11. The van der Waals surface area contributed by atoms with Gasteiger partial charge < -0.3 is 14.8 Å². The Hall–Kier alpha value is -4.32. The molecule has 0 spiro atoms. The largest absolute Gasteiger partial charge is 0.496 e. The van der Waals surface area contributed by atoms with Gasteiger partial charge in [-0.1, -0.05) is 48.0 Å². The van der Waals surface area contributed by atoms with Gasteiger partial charge in [0.1, 0.15) is 18.1 Å². The van der Waals surface area contributed by atoms with Gasteiger partial charge in [-0.05, 0) is 60.9 Å². The number of methoxy groups -OCH3 is 1. The quantitative estimate of drug-likeness (QED) is 0.317. The molecule has 0 atom stereocenters. The minimum absolute atomic E-state index is 0.251. The van der Waals surface area contributed by atoms with Crippen molar-refractivity contribution in [3.63, 3.8) is 0 Å². The number of nitrogens with zero attached hydrogens (tertiary/aromatic N) is 2. The highest BCUT2D eigenvalue weighted by Crippen LogP contribution is 2.23. The van der Waals surface area contributed by atoms with E-state index >= 15 is 0 Å². The Morgan fingerprint density at radius 3 is 2.57 bits per heavy atom. The van der Waals surface area contributed by atoms with Crippen LogP contribution in [0.3, 0.4) is 0 Å². The first-order valence-corrected chi connectivity index (χ1v) is 11.4. The van der Waals surface area contributed by atoms with E-state index in [9.17, 15) is 4.79 Å². The molecule has 0 radical (unpaired) electrons. The molecule has 6 nitrogen and oxygen atoms in total. The van der Waals surface area contributed by atoms with Crippen molar-refractivity contribution >= 4 is 17.8 Å². The third-order valence-electron chi connectivity index (χ3n) is 5.63. The van der Waals surface area contributed by atoms with E-state index in [1.54, 1.807) is 19.3 Å². The maximum atomic E-state index is 12.5. The minimum Gasteiger partial charge on any atom is -0.496 e. The molecule has 0 unspecified atom stereocenters. The van der Waals surface area contributed by atoms with Gasteiger partial charge in [0.2, 0.25) is 5.91 Å². The van der Waals surface area contributed by atoms with E-state index in [4.69, 9.17) is 9.47 Å². The molecule has 1 amide bonds. The van der Waals surface area contributed by atoms with Crippen LogP contribution in [0, 0.1) is 13.8 Å².